The molecular weight excluding hydrogens is 428 g/mol. The number of aromatic nitrogens is 3. The van der Waals surface area contributed by atoms with Gasteiger partial charge in [-0.05, 0) is 68.4 Å². The number of amides is 2. The average molecular weight is 455 g/mol. The number of H-pyrrole nitrogens is 1. The molecule has 0 unspecified atom stereocenters. The third kappa shape index (κ3) is 4.67. The number of anilines is 2. The minimum Gasteiger partial charge on any atom is -0.324 e. The van der Waals surface area contributed by atoms with Crippen LogP contribution >= 0.6 is 0 Å². The molecule has 4 aromatic rings. The largest absolute Gasteiger partial charge is 0.324 e. The third-order valence-electron chi connectivity index (χ3n) is 5.79. The minimum atomic E-state index is -0.351. The normalized spacial score (nSPS) is 13.3. The van der Waals surface area contributed by atoms with E-state index in [9.17, 15) is 9.59 Å². The lowest BCUT2D eigenvalue weighted by Crippen LogP contribution is -2.18. The topological polar surface area (TPSA) is 103 Å². The van der Waals surface area contributed by atoms with Crippen LogP contribution < -0.4 is 10.6 Å². The van der Waals surface area contributed by atoms with Crippen LogP contribution in [-0.2, 0) is 11.3 Å². The van der Waals surface area contributed by atoms with Crippen molar-refractivity contribution in [3.05, 3.63) is 72.2 Å². The molecule has 2 heterocycles. The van der Waals surface area contributed by atoms with Gasteiger partial charge in [0, 0.05) is 35.8 Å². The van der Waals surface area contributed by atoms with E-state index in [1.54, 1.807) is 12.1 Å². The van der Waals surface area contributed by atoms with Crippen LogP contribution in [0.2, 0.25) is 0 Å². The summed E-state index contributed by atoms with van der Waals surface area (Å²) in [6.07, 6.45) is 5.50. The molecule has 5 rings (SSSR count). The number of hydrogen-bond donors (Lipinski definition) is 3. The van der Waals surface area contributed by atoms with Crippen molar-refractivity contribution in [2.24, 2.45) is 5.92 Å². The minimum absolute atomic E-state index is 0.0123. The van der Waals surface area contributed by atoms with Crippen molar-refractivity contribution in [2.75, 3.05) is 24.7 Å². The zero-order valence-corrected chi connectivity index (χ0v) is 19.1. The number of nitrogens with zero attached hydrogens (tertiary/aromatic N) is 3. The first-order valence-electron chi connectivity index (χ1n) is 11.3. The van der Waals surface area contributed by atoms with Gasteiger partial charge < -0.3 is 15.5 Å². The van der Waals surface area contributed by atoms with E-state index in [4.69, 9.17) is 0 Å². The quantitative estimate of drug-likeness (QED) is 0.387. The Balaban J connectivity index is 1.42. The molecule has 1 fully saturated rings. The van der Waals surface area contributed by atoms with E-state index in [1.165, 1.54) is 0 Å². The molecular formula is C26H26N6O2. The highest BCUT2D eigenvalue weighted by Crippen LogP contribution is 2.32. The molecule has 0 aliphatic heterocycles. The van der Waals surface area contributed by atoms with Gasteiger partial charge in [0.2, 0.25) is 5.91 Å². The van der Waals surface area contributed by atoms with Crippen LogP contribution in [-0.4, -0.2) is 46.0 Å². The van der Waals surface area contributed by atoms with Gasteiger partial charge in [0.05, 0.1) is 16.9 Å². The molecule has 0 atom stereocenters. The van der Waals surface area contributed by atoms with Crippen LogP contribution in [0.5, 0.6) is 0 Å². The summed E-state index contributed by atoms with van der Waals surface area (Å²) in [6.45, 7) is 0.791. The summed E-state index contributed by atoms with van der Waals surface area (Å²) in [6, 6.07) is 15.1. The first kappa shape index (κ1) is 21.8. The standard InChI is InChI=1S/C26H26N6O2/c1-32(2)15-16-11-19(14-27-13-16)18-9-10-21-20(12-18)24(31-30-21)26(34)29-23-6-4-3-5-22(23)28-25(33)17-7-8-17/h3-6,9-14,17H,7-8,15H2,1-2H3,(H,28,33)(H,29,34)(H,30,31). The number of rotatable bonds is 7. The molecule has 8 nitrogen and oxygen atoms in total. The highest BCUT2D eigenvalue weighted by molar-refractivity contribution is 6.13. The van der Waals surface area contributed by atoms with Gasteiger partial charge in [-0.25, -0.2) is 0 Å². The number of carbonyl (C=O) groups excluding carboxylic acids is 2. The fourth-order valence-corrected chi connectivity index (χ4v) is 3.93. The first-order valence-corrected chi connectivity index (χ1v) is 11.3. The fraction of sp³-hybridized carbons (Fsp3) is 0.231. The Hall–Kier alpha value is -4.04. The van der Waals surface area contributed by atoms with E-state index in [-0.39, 0.29) is 23.4 Å². The summed E-state index contributed by atoms with van der Waals surface area (Å²) in [5, 5.41) is 13.7. The summed E-state index contributed by atoms with van der Waals surface area (Å²) in [5.41, 5.74) is 5.21. The van der Waals surface area contributed by atoms with E-state index in [1.807, 2.05) is 56.8 Å². The Morgan fingerprint density at radius 2 is 1.76 bits per heavy atom. The second-order valence-corrected chi connectivity index (χ2v) is 8.92. The number of hydrogen-bond acceptors (Lipinski definition) is 5. The molecule has 172 valence electrons. The Bertz CT molecular complexity index is 1370. The van der Waals surface area contributed by atoms with Crippen molar-refractivity contribution in [2.45, 2.75) is 19.4 Å². The summed E-state index contributed by atoms with van der Waals surface area (Å²) in [4.78, 5) is 31.9. The van der Waals surface area contributed by atoms with Gasteiger partial charge in [0.15, 0.2) is 5.69 Å². The second kappa shape index (κ2) is 9.07. The van der Waals surface area contributed by atoms with E-state index >= 15 is 0 Å². The number of fused-ring (bicyclic) bond motifs is 1. The van der Waals surface area contributed by atoms with Crippen LogP contribution in [0.4, 0.5) is 11.4 Å². The molecule has 1 saturated carbocycles. The van der Waals surface area contributed by atoms with Crippen LogP contribution in [0, 0.1) is 5.92 Å². The zero-order valence-electron chi connectivity index (χ0n) is 19.1. The molecule has 0 radical (unpaired) electrons. The maximum absolute atomic E-state index is 13.2. The fourth-order valence-electron chi connectivity index (χ4n) is 3.93. The van der Waals surface area contributed by atoms with Gasteiger partial charge in [-0.3, -0.25) is 19.7 Å². The van der Waals surface area contributed by atoms with Crippen molar-refractivity contribution >= 4 is 34.1 Å². The lowest BCUT2D eigenvalue weighted by molar-refractivity contribution is -0.117. The molecule has 34 heavy (non-hydrogen) atoms. The maximum atomic E-state index is 13.2. The molecule has 1 aliphatic rings. The predicted octanol–water partition coefficient (Wildman–Crippen LogP) is 4.29. The van der Waals surface area contributed by atoms with E-state index in [0.29, 0.717) is 16.8 Å². The van der Waals surface area contributed by atoms with Crippen LogP contribution in [0.15, 0.2) is 60.9 Å². The number of carbonyl (C=O) groups is 2. The second-order valence-electron chi connectivity index (χ2n) is 8.92. The van der Waals surface area contributed by atoms with Crippen LogP contribution in [0.25, 0.3) is 22.0 Å². The van der Waals surface area contributed by atoms with Gasteiger partial charge in [-0.1, -0.05) is 18.2 Å². The van der Waals surface area contributed by atoms with Crippen molar-refractivity contribution in [1.29, 1.82) is 0 Å². The van der Waals surface area contributed by atoms with Gasteiger partial charge in [0.1, 0.15) is 0 Å². The van der Waals surface area contributed by atoms with E-state index in [0.717, 1.165) is 41.6 Å². The Kier molecular flexibility index (Phi) is 5.81. The molecule has 8 heteroatoms. The molecule has 2 amide bonds. The number of benzene rings is 2. The number of nitrogens with one attached hydrogen (secondary N) is 3. The van der Waals surface area contributed by atoms with Gasteiger partial charge in [0.25, 0.3) is 5.91 Å². The molecule has 1 aliphatic carbocycles. The number of aromatic amines is 1. The number of pyridine rings is 1. The lowest BCUT2D eigenvalue weighted by Gasteiger charge is -2.12. The van der Waals surface area contributed by atoms with Crippen molar-refractivity contribution < 1.29 is 9.59 Å². The van der Waals surface area contributed by atoms with Gasteiger partial charge >= 0.3 is 0 Å². The molecule has 0 spiro atoms. The summed E-state index contributed by atoms with van der Waals surface area (Å²) in [7, 11) is 4.04. The average Bonchev–Trinajstić information content (AvgIpc) is 3.59. The Labute approximate surface area is 197 Å². The molecule has 0 bridgehead atoms. The van der Waals surface area contributed by atoms with Gasteiger partial charge in [-0.15, -0.1) is 0 Å². The highest BCUT2D eigenvalue weighted by Gasteiger charge is 2.30. The maximum Gasteiger partial charge on any atom is 0.276 e. The van der Waals surface area contributed by atoms with E-state index < -0.39 is 0 Å². The summed E-state index contributed by atoms with van der Waals surface area (Å²) in [5.74, 6) is -0.291. The first-order chi connectivity index (χ1) is 16.5. The van der Waals surface area contributed by atoms with Crippen LogP contribution in [0.1, 0.15) is 28.9 Å². The Morgan fingerprint density at radius 1 is 1.00 bits per heavy atom. The summed E-state index contributed by atoms with van der Waals surface area (Å²) >= 11 is 0. The zero-order chi connectivity index (χ0) is 23.7. The molecule has 2 aromatic carbocycles. The van der Waals surface area contributed by atoms with Gasteiger partial charge in [-0.2, -0.15) is 5.10 Å². The monoisotopic (exact) mass is 454 g/mol. The molecule has 0 saturated heterocycles. The number of para-hydroxylation sites is 2. The predicted molar refractivity (Wildman–Crippen MR) is 132 cm³/mol. The summed E-state index contributed by atoms with van der Waals surface area (Å²) < 4.78 is 0. The lowest BCUT2D eigenvalue weighted by atomic mass is 10.0. The Morgan fingerprint density at radius 3 is 2.50 bits per heavy atom. The van der Waals surface area contributed by atoms with Crippen molar-refractivity contribution in [3.8, 4) is 11.1 Å². The SMILES string of the molecule is CN(C)Cc1cncc(-c2ccc3[nH]nc(C(=O)Nc4ccccc4NC(=O)C4CC4)c3c2)c1. The van der Waals surface area contributed by atoms with E-state index in [2.05, 4.69) is 36.8 Å². The molecule has 2 aromatic heterocycles. The highest BCUT2D eigenvalue weighted by atomic mass is 16.2. The van der Waals surface area contributed by atoms with Crippen molar-refractivity contribution in [1.82, 2.24) is 20.1 Å². The third-order valence-corrected chi connectivity index (χ3v) is 5.79. The van der Waals surface area contributed by atoms with Crippen molar-refractivity contribution in [3.63, 3.8) is 0 Å². The smallest absolute Gasteiger partial charge is 0.276 e. The van der Waals surface area contributed by atoms with Crippen LogP contribution in [0.3, 0.4) is 0 Å². The molecule has 3 N–H and O–H groups in total.